The van der Waals surface area contributed by atoms with E-state index in [2.05, 4.69) is 0 Å². The third kappa shape index (κ3) is 4.38. The lowest BCUT2D eigenvalue weighted by Crippen LogP contribution is -2.30. The van der Waals surface area contributed by atoms with E-state index in [1.165, 1.54) is 0 Å². The molecule has 0 amide bonds. The molecule has 7 heteroatoms. The summed E-state index contributed by atoms with van der Waals surface area (Å²) >= 11 is 0. The van der Waals surface area contributed by atoms with Gasteiger partial charge in [0.25, 0.3) is 0 Å². The van der Waals surface area contributed by atoms with E-state index in [9.17, 15) is 8.42 Å². The van der Waals surface area contributed by atoms with Gasteiger partial charge in [0, 0.05) is 5.41 Å². The molecule has 27 heavy (non-hydrogen) atoms. The highest BCUT2D eigenvalue weighted by molar-refractivity contribution is 7.90. The van der Waals surface area contributed by atoms with Crippen LogP contribution in [-0.2, 0) is 42.4 Å². The molecule has 1 saturated heterocycles. The van der Waals surface area contributed by atoms with Crippen molar-refractivity contribution in [3.63, 3.8) is 0 Å². The average Bonchev–Trinajstić information content (AvgIpc) is 3.09. The fraction of sp³-hybridized carbons (Fsp3) is 0.300. The second-order valence-electron chi connectivity index (χ2n) is 6.35. The van der Waals surface area contributed by atoms with E-state index in [-0.39, 0.29) is 18.0 Å². The maximum Gasteiger partial charge on any atom is 0.150 e. The molecular formula is C20H20O5S2. The Morgan fingerprint density at radius 2 is 1.63 bits per heavy atom. The molecular weight excluding hydrogens is 384 g/mol. The first-order valence-corrected chi connectivity index (χ1v) is 11.2. The summed E-state index contributed by atoms with van der Waals surface area (Å²) in [5, 5.41) is 1.55. The topological polar surface area (TPSA) is 61.8 Å². The molecule has 0 N–H and O–H groups in total. The van der Waals surface area contributed by atoms with Crippen LogP contribution in [0.3, 0.4) is 0 Å². The van der Waals surface area contributed by atoms with Gasteiger partial charge in [-0.25, -0.2) is 4.21 Å². The molecule has 1 fully saturated rings. The highest BCUT2D eigenvalue weighted by Gasteiger charge is 2.33. The van der Waals surface area contributed by atoms with Gasteiger partial charge in [-0.1, -0.05) is 42.5 Å². The zero-order chi connectivity index (χ0) is 18.6. The normalized spacial score (nSPS) is 27.5. The number of hydrogen-bond acceptors (Lipinski definition) is 5. The predicted octanol–water partition coefficient (Wildman–Crippen LogP) is 2.76. The standard InChI is InChI=1S/C20H20O5S2/c21-26-13-16(14-27(22)20-9-5-4-8-19(20)26)25-18-12-23-11-17(18)24-10-15-6-2-1-3-7-15/h1-9,13,17-18H,10-12,14H2/t17-,18+,26+,27+/m0/s1. The summed E-state index contributed by atoms with van der Waals surface area (Å²) in [5.41, 5.74) is 1.08. The predicted molar refractivity (Wildman–Crippen MR) is 103 cm³/mol. The van der Waals surface area contributed by atoms with Crippen LogP contribution in [-0.4, -0.2) is 39.6 Å². The van der Waals surface area contributed by atoms with Gasteiger partial charge in [0.15, 0.2) is 0 Å². The van der Waals surface area contributed by atoms with Crippen molar-refractivity contribution in [3.05, 3.63) is 71.3 Å². The highest BCUT2D eigenvalue weighted by atomic mass is 32.2. The fourth-order valence-electron chi connectivity index (χ4n) is 3.04. The van der Waals surface area contributed by atoms with Crippen LogP contribution in [0, 0.1) is 0 Å². The smallest absolute Gasteiger partial charge is 0.150 e. The first-order chi connectivity index (χ1) is 13.2. The van der Waals surface area contributed by atoms with Crippen molar-refractivity contribution < 1.29 is 22.6 Å². The van der Waals surface area contributed by atoms with Crippen LogP contribution in [0.25, 0.3) is 0 Å². The Labute approximate surface area is 163 Å². The summed E-state index contributed by atoms with van der Waals surface area (Å²) in [6, 6.07) is 17.0. The van der Waals surface area contributed by atoms with Gasteiger partial charge in [-0.2, -0.15) is 0 Å². The Morgan fingerprint density at radius 3 is 2.44 bits per heavy atom. The average molecular weight is 405 g/mol. The molecule has 0 unspecified atom stereocenters. The fourth-order valence-corrected chi connectivity index (χ4v) is 5.74. The minimum absolute atomic E-state index is 0.199. The second-order valence-corrected chi connectivity index (χ2v) is 9.04. The Morgan fingerprint density at radius 1 is 0.926 bits per heavy atom. The number of hydrogen-bond donors (Lipinski definition) is 0. The summed E-state index contributed by atoms with van der Waals surface area (Å²) < 4.78 is 42.7. The highest BCUT2D eigenvalue weighted by Crippen LogP contribution is 2.27. The van der Waals surface area contributed by atoms with E-state index >= 15 is 0 Å². The van der Waals surface area contributed by atoms with Crippen LogP contribution >= 0.6 is 0 Å². The van der Waals surface area contributed by atoms with Gasteiger partial charge in [0.2, 0.25) is 0 Å². The molecule has 2 aliphatic heterocycles. The lowest BCUT2D eigenvalue weighted by Gasteiger charge is -2.21. The van der Waals surface area contributed by atoms with E-state index in [0.717, 1.165) is 5.56 Å². The van der Waals surface area contributed by atoms with E-state index in [1.54, 1.807) is 29.7 Å². The van der Waals surface area contributed by atoms with E-state index in [4.69, 9.17) is 14.2 Å². The van der Waals surface area contributed by atoms with Gasteiger partial charge >= 0.3 is 0 Å². The van der Waals surface area contributed by atoms with Gasteiger partial charge in [0.1, 0.15) is 18.0 Å². The van der Waals surface area contributed by atoms with Gasteiger partial charge in [-0.05, 0) is 17.7 Å². The van der Waals surface area contributed by atoms with Crippen molar-refractivity contribution in [2.45, 2.75) is 28.6 Å². The molecule has 2 aliphatic rings. The van der Waals surface area contributed by atoms with Crippen molar-refractivity contribution in [2.75, 3.05) is 19.0 Å². The SMILES string of the molecule is O=[S@@]1C=C(O[C@@H]2COC[C@@H]2OCc2ccccc2)C[S@@](=O)c2ccccc21. The first-order valence-electron chi connectivity index (χ1n) is 8.69. The van der Waals surface area contributed by atoms with Crippen molar-refractivity contribution >= 4 is 21.6 Å². The van der Waals surface area contributed by atoms with Crippen LogP contribution in [0.4, 0.5) is 0 Å². The zero-order valence-electron chi connectivity index (χ0n) is 14.6. The molecule has 0 aliphatic carbocycles. The minimum Gasteiger partial charge on any atom is -0.488 e. The monoisotopic (exact) mass is 404 g/mol. The molecule has 4 rings (SSSR count). The number of fused-ring (bicyclic) bond motifs is 1. The minimum atomic E-state index is -1.39. The van der Waals surface area contributed by atoms with Crippen molar-refractivity contribution in [3.8, 4) is 0 Å². The molecule has 0 radical (unpaired) electrons. The quantitative estimate of drug-likeness (QED) is 0.767. The Bertz CT molecular complexity index is 881. The summed E-state index contributed by atoms with van der Waals surface area (Å²) in [6.45, 7) is 1.30. The third-order valence-electron chi connectivity index (χ3n) is 4.41. The molecule has 0 saturated carbocycles. The Kier molecular flexibility index (Phi) is 5.83. The van der Waals surface area contributed by atoms with Crippen molar-refractivity contribution in [2.24, 2.45) is 0 Å². The molecule has 0 aromatic heterocycles. The van der Waals surface area contributed by atoms with E-state index in [1.807, 2.05) is 30.3 Å². The summed E-state index contributed by atoms with van der Waals surface area (Å²) in [5.74, 6) is 0.664. The lowest BCUT2D eigenvalue weighted by atomic mass is 10.2. The van der Waals surface area contributed by atoms with Gasteiger partial charge in [-0.3, -0.25) is 4.21 Å². The molecule has 5 nitrogen and oxygen atoms in total. The molecule has 0 bridgehead atoms. The van der Waals surface area contributed by atoms with Crippen LogP contribution in [0.2, 0.25) is 0 Å². The number of ether oxygens (including phenoxy) is 3. The summed E-state index contributed by atoms with van der Waals surface area (Å²) in [4.78, 5) is 1.18. The number of benzene rings is 2. The Balaban J connectivity index is 1.43. The number of rotatable bonds is 5. The summed E-state index contributed by atoms with van der Waals surface area (Å²) in [6.07, 6.45) is -0.534. The van der Waals surface area contributed by atoms with Crippen LogP contribution in [0.15, 0.2) is 75.6 Å². The van der Waals surface area contributed by atoms with Gasteiger partial charge < -0.3 is 14.2 Å². The lowest BCUT2D eigenvalue weighted by molar-refractivity contribution is -0.0305. The third-order valence-corrected chi connectivity index (χ3v) is 7.20. The molecule has 142 valence electrons. The Hall–Kier alpha value is -1.80. The maximum absolute atomic E-state index is 12.6. The summed E-state index contributed by atoms with van der Waals surface area (Å²) in [7, 11) is -2.69. The largest absolute Gasteiger partial charge is 0.488 e. The first kappa shape index (κ1) is 18.6. The van der Waals surface area contributed by atoms with E-state index < -0.39 is 21.6 Å². The van der Waals surface area contributed by atoms with Gasteiger partial charge in [0.05, 0.1) is 57.0 Å². The van der Waals surface area contributed by atoms with Crippen LogP contribution < -0.4 is 0 Å². The van der Waals surface area contributed by atoms with Crippen LogP contribution in [0.1, 0.15) is 5.56 Å². The van der Waals surface area contributed by atoms with Crippen molar-refractivity contribution in [1.29, 1.82) is 0 Å². The molecule has 2 aromatic carbocycles. The van der Waals surface area contributed by atoms with Crippen LogP contribution in [0.5, 0.6) is 0 Å². The molecule has 0 spiro atoms. The molecule has 2 aromatic rings. The molecule has 4 atom stereocenters. The van der Waals surface area contributed by atoms with Crippen molar-refractivity contribution in [1.82, 2.24) is 0 Å². The molecule has 2 heterocycles. The zero-order valence-corrected chi connectivity index (χ0v) is 16.2. The second kappa shape index (κ2) is 8.48. The maximum atomic E-state index is 12.6. The van der Waals surface area contributed by atoms with Gasteiger partial charge in [-0.15, -0.1) is 0 Å². The van der Waals surface area contributed by atoms with E-state index in [0.29, 0.717) is 35.4 Å².